The summed E-state index contributed by atoms with van der Waals surface area (Å²) < 4.78 is 74.8. The molecule has 0 aliphatic carbocycles. The zero-order valence-electron chi connectivity index (χ0n) is 25.5. The van der Waals surface area contributed by atoms with Gasteiger partial charge in [-0.3, -0.25) is 14.2 Å². The lowest BCUT2D eigenvalue weighted by Gasteiger charge is -2.15. The van der Waals surface area contributed by atoms with Crippen molar-refractivity contribution >= 4 is 33.3 Å². The van der Waals surface area contributed by atoms with Crippen LogP contribution < -0.4 is 26.8 Å². The van der Waals surface area contributed by atoms with Gasteiger partial charge in [-0.25, -0.2) is 28.4 Å². The van der Waals surface area contributed by atoms with Crippen molar-refractivity contribution in [1.82, 2.24) is 24.5 Å². The van der Waals surface area contributed by atoms with E-state index in [-0.39, 0.29) is 22.6 Å². The average molecular weight is 691 g/mol. The molecule has 17 heteroatoms. The number of anilines is 1. The molecule has 0 bridgehead atoms. The van der Waals surface area contributed by atoms with Crippen LogP contribution in [0.15, 0.2) is 70.3 Å². The maximum Gasteiger partial charge on any atom is 0.422 e. The molecule has 3 aromatic heterocycles. The van der Waals surface area contributed by atoms with Crippen molar-refractivity contribution in [3.63, 3.8) is 0 Å². The molecular weight excluding hydrogens is 663 g/mol. The van der Waals surface area contributed by atoms with E-state index in [0.717, 1.165) is 34.1 Å². The van der Waals surface area contributed by atoms with E-state index in [1.54, 1.807) is 43.3 Å². The molecule has 0 fully saturated rings. The zero-order valence-corrected chi connectivity index (χ0v) is 26.3. The fourth-order valence-corrected chi connectivity index (χ4v) is 6.17. The molecule has 0 radical (unpaired) electrons. The largest absolute Gasteiger partial charge is 0.468 e. The molecular formula is C31H27F5N6O5S. The van der Waals surface area contributed by atoms with Gasteiger partial charge in [-0.2, -0.15) is 18.2 Å². The van der Waals surface area contributed by atoms with E-state index in [4.69, 9.17) is 4.74 Å². The number of amides is 2. The second kappa shape index (κ2) is 13.9. The van der Waals surface area contributed by atoms with Crippen molar-refractivity contribution in [3.8, 4) is 22.1 Å². The zero-order chi connectivity index (χ0) is 34.7. The standard InChI is InChI=1S/C31H27F5N6O5S/c1-40(2)14-20-25-27(43)42(23-8-5-9-24(38-23)47-16-31(34,35)36)30(45)41(15-19-21(32)6-4-7-22(19)33)28(25)48-26(20)17-10-12-18(13-11-17)37-29(44)39-46-3/h4-13H,14-16H2,1-3H3,(H2,37,39,44). The summed E-state index contributed by atoms with van der Waals surface area (Å²) >= 11 is 1.04. The summed E-state index contributed by atoms with van der Waals surface area (Å²) in [6, 6.07) is 12.8. The summed E-state index contributed by atoms with van der Waals surface area (Å²) in [5, 5.41) is 2.61. The molecule has 5 rings (SSSR count). The first-order valence-electron chi connectivity index (χ1n) is 14.0. The van der Waals surface area contributed by atoms with Gasteiger partial charge in [-0.1, -0.05) is 24.3 Å². The van der Waals surface area contributed by atoms with E-state index in [1.807, 2.05) is 0 Å². The molecule has 48 heavy (non-hydrogen) atoms. The Morgan fingerprint density at radius 1 is 0.979 bits per heavy atom. The fourth-order valence-electron chi connectivity index (χ4n) is 4.87. The van der Waals surface area contributed by atoms with Crippen molar-refractivity contribution in [3.05, 3.63) is 104 Å². The maximum absolute atomic E-state index is 14.9. The average Bonchev–Trinajstić information content (AvgIpc) is 3.38. The molecule has 0 aliphatic rings. The number of fused-ring (bicyclic) bond motifs is 1. The van der Waals surface area contributed by atoms with Crippen LogP contribution in [0, 0.1) is 11.6 Å². The van der Waals surface area contributed by atoms with Crippen molar-refractivity contribution in [2.24, 2.45) is 0 Å². The number of thiophene rings is 1. The quantitative estimate of drug-likeness (QED) is 0.151. The van der Waals surface area contributed by atoms with Gasteiger partial charge in [0, 0.05) is 28.7 Å². The Hall–Kier alpha value is -5.13. The van der Waals surface area contributed by atoms with Crippen molar-refractivity contribution in [1.29, 1.82) is 0 Å². The number of hydrogen-bond acceptors (Lipinski definition) is 8. The summed E-state index contributed by atoms with van der Waals surface area (Å²) in [6.45, 7) is -2.12. The third kappa shape index (κ3) is 7.37. The van der Waals surface area contributed by atoms with Gasteiger partial charge in [0.05, 0.1) is 19.0 Å². The van der Waals surface area contributed by atoms with Gasteiger partial charge in [0.25, 0.3) is 5.56 Å². The lowest BCUT2D eigenvalue weighted by Crippen LogP contribution is -2.39. The van der Waals surface area contributed by atoms with Crippen molar-refractivity contribution in [2.75, 3.05) is 33.1 Å². The summed E-state index contributed by atoms with van der Waals surface area (Å²) in [5.74, 6) is -2.73. The highest BCUT2D eigenvalue weighted by molar-refractivity contribution is 7.22. The van der Waals surface area contributed by atoms with Crippen LogP contribution in [0.3, 0.4) is 0 Å². The minimum atomic E-state index is -4.68. The molecule has 0 atom stereocenters. The van der Waals surface area contributed by atoms with Crippen LogP contribution in [0.2, 0.25) is 0 Å². The molecule has 5 aromatic rings. The molecule has 0 unspecified atom stereocenters. The van der Waals surface area contributed by atoms with Gasteiger partial charge in [-0.05, 0) is 55.6 Å². The van der Waals surface area contributed by atoms with E-state index >= 15 is 0 Å². The van der Waals surface area contributed by atoms with Gasteiger partial charge in [0.1, 0.15) is 22.3 Å². The Balaban J connectivity index is 1.77. The number of halogens is 5. The first-order valence-corrected chi connectivity index (χ1v) is 14.8. The number of nitrogens with one attached hydrogen (secondary N) is 2. The van der Waals surface area contributed by atoms with E-state index in [1.165, 1.54) is 25.3 Å². The number of aromatic nitrogens is 3. The third-order valence-corrected chi connectivity index (χ3v) is 8.15. The molecule has 2 N–H and O–H groups in total. The fraction of sp³-hybridized carbons (Fsp3) is 0.226. The first kappa shape index (κ1) is 34.2. The minimum absolute atomic E-state index is 0.0325. The molecule has 0 aliphatic heterocycles. The Labute approximate surface area is 272 Å². The molecule has 0 saturated heterocycles. The van der Waals surface area contributed by atoms with Gasteiger partial charge in [-0.15, -0.1) is 11.3 Å². The number of hydrogen-bond donors (Lipinski definition) is 2. The normalized spacial score (nSPS) is 11.7. The van der Waals surface area contributed by atoms with Crippen LogP contribution in [0.25, 0.3) is 26.5 Å². The van der Waals surface area contributed by atoms with Crippen LogP contribution in [0.5, 0.6) is 5.88 Å². The van der Waals surface area contributed by atoms with Crippen molar-refractivity contribution in [2.45, 2.75) is 19.3 Å². The second-order valence-corrected chi connectivity index (χ2v) is 11.6. The number of rotatable bonds is 10. The Morgan fingerprint density at radius 3 is 2.27 bits per heavy atom. The molecule has 252 valence electrons. The van der Waals surface area contributed by atoms with E-state index in [9.17, 15) is 36.3 Å². The van der Waals surface area contributed by atoms with Gasteiger partial charge in [0.2, 0.25) is 5.88 Å². The van der Waals surface area contributed by atoms with Crippen LogP contribution in [0.4, 0.5) is 32.4 Å². The van der Waals surface area contributed by atoms with E-state index in [0.29, 0.717) is 26.3 Å². The lowest BCUT2D eigenvalue weighted by atomic mass is 10.1. The Bertz CT molecular complexity index is 2070. The van der Waals surface area contributed by atoms with E-state index in [2.05, 4.69) is 20.6 Å². The third-order valence-electron chi connectivity index (χ3n) is 6.85. The highest BCUT2D eigenvalue weighted by Crippen LogP contribution is 2.38. The number of nitrogens with zero attached hydrogens (tertiary/aromatic N) is 4. The van der Waals surface area contributed by atoms with Gasteiger partial charge in [0.15, 0.2) is 6.61 Å². The number of benzene rings is 2. The Kier molecular flexibility index (Phi) is 9.92. The Morgan fingerprint density at radius 2 is 1.65 bits per heavy atom. The molecule has 11 nitrogen and oxygen atoms in total. The number of hydroxylamine groups is 1. The highest BCUT2D eigenvalue weighted by atomic mass is 32.1. The number of ether oxygens (including phenoxy) is 1. The van der Waals surface area contributed by atoms with Crippen LogP contribution in [-0.4, -0.2) is 59.0 Å². The minimum Gasteiger partial charge on any atom is -0.468 e. The van der Waals surface area contributed by atoms with Crippen molar-refractivity contribution < 1.29 is 36.3 Å². The molecule has 2 aromatic carbocycles. The predicted octanol–water partition coefficient (Wildman–Crippen LogP) is 5.29. The van der Waals surface area contributed by atoms with Crippen LogP contribution >= 0.6 is 11.3 Å². The summed E-state index contributed by atoms with van der Waals surface area (Å²) in [4.78, 5) is 51.2. The summed E-state index contributed by atoms with van der Waals surface area (Å²) in [6.07, 6.45) is -4.68. The van der Waals surface area contributed by atoms with Crippen LogP contribution in [0.1, 0.15) is 11.1 Å². The molecule has 2 amide bonds. The highest BCUT2D eigenvalue weighted by Gasteiger charge is 2.29. The monoisotopic (exact) mass is 690 g/mol. The first-order chi connectivity index (χ1) is 22.8. The molecule has 0 spiro atoms. The second-order valence-electron chi connectivity index (χ2n) is 10.6. The predicted molar refractivity (Wildman–Crippen MR) is 168 cm³/mol. The molecule has 3 heterocycles. The van der Waals surface area contributed by atoms with Gasteiger partial charge >= 0.3 is 17.9 Å². The topological polar surface area (TPSA) is 120 Å². The summed E-state index contributed by atoms with van der Waals surface area (Å²) in [7, 11) is 4.78. The van der Waals surface area contributed by atoms with Crippen LogP contribution in [-0.2, 0) is 17.9 Å². The number of pyridine rings is 1. The van der Waals surface area contributed by atoms with E-state index < -0.39 is 59.7 Å². The lowest BCUT2D eigenvalue weighted by molar-refractivity contribution is -0.154. The number of alkyl halides is 3. The SMILES string of the molecule is CONC(=O)Nc1ccc(-c2sc3c(c2CN(C)C)c(=O)n(-c2cccc(OCC(F)(F)F)n2)c(=O)n3Cc2c(F)cccc2F)cc1. The van der Waals surface area contributed by atoms with Gasteiger partial charge < -0.3 is 15.0 Å². The smallest absolute Gasteiger partial charge is 0.422 e. The number of urea groups is 1. The number of carbonyl (C=O) groups excluding carboxylic acids is 1. The maximum atomic E-state index is 14.9. The number of carbonyl (C=O) groups is 1. The summed E-state index contributed by atoms with van der Waals surface area (Å²) in [5.41, 5.74) is 1.26. The molecule has 0 saturated carbocycles.